The fourth-order valence-electron chi connectivity index (χ4n) is 4.98. The Bertz CT molecular complexity index is 1250. The summed E-state index contributed by atoms with van der Waals surface area (Å²) in [6, 6.07) is 12.2. The summed E-state index contributed by atoms with van der Waals surface area (Å²) in [4.78, 5) is 25.5. The van der Waals surface area contributed by atoms with Gasteiger partial charge in [0.15, 0.2) is 23.7 Å². The van der Waals surface area contributed by atoms with Crippen molar-refractivity contribution in [3.8, 4) is 11.5 Å². The Morgan fingerprint density at radius 1 is 1.15 bits per heavy atom. The molecule has 0 aromatic heterocycles. The maximum absolute atomic E-state index is 13.7. The number of fused-ring (bicyclic) bond motifs is 2. The van der Waals surface area contributed by atoms with Gasteiger partial charge < -0.3 is 44.7 Å². The molecular formula is C29H35NO10. The van der Waals surface area contributed by atoms with Crippen LogP contribution < -0.4 is 10.1 Å². The number of hydrogen-bond donors (Lipinski definition) is 5. The first-order chi connectivity index (χ1) is 19.1. The van der Waals surface area contributed by atoms with Crippen LogP contribution in [-0.2, 0) is 36.6 Å². The Morgan fingerprint density at radius 2 is 1.90 bits per heavy atom. The molecule has 216 valence electrons. The first-order valence-electron chi connectivity index (χ1n) is 13.1. The van der Waals surface area contributed by atoms with Crippen LogP contribution in [0.5, 0.6) is 11.5 Å². The van der Waals surface area contributed by atoms with Crippen LogP contribution in [0, 0.1) is 0 Å². The van der Waals surface area contributed by atoms with E-state index in [0.717, 1.165) is 18.1 Å². The van der Waals surface area contributed by atoms with Gasteiger partial charge >= 0.3 is 11.9 Å². The zero-order valence-corrected chi connectivity index (χ0v) is 22.4. The van der Waals surface area contributed by atoms with Gasteiger partial charge in [-0.15, -0.1) is 0 Å². The van der Waals surface area contributed by atoms with Crippen molar-refractivity contribution in [1.29, 1.82) is 0 Å². The Morgan fingerprint density at radius 3 is 2.60 bits per heavy atom. The molecule has 5 atom stereocenters. The topological polar surface area (TPSA) is 164 Å². The normalized spacial score (nSPS) is 26.2. The summed E-state index contributed by atoms with van der Waals surface area (Å²) in [5.74, 6) is -3.41. The number of hydrogen-bond acceptors (Lipinski definition) is 11. The number of carbonyl (C=O) groups excluding carboxylic acids is 2. The van der Waals surface area contributed by atoms with Crippen LogP contribution in [-0.4, -0.2) is 89.4 Å². The van der Waals surface area contributed by atoms with Crippen LogP contribution in [0.15, 0.2) is 48.0 Å². The Labute approximate surface area is 231 Å². The number of phenols is 1. The van der Waals surface area contributed by atoms with Crippen molar-refractivity contribution in [1.82, 2.24) is 5.32 Å². The molecule has 2 fully saturated rings. The number of ether oxygens (including phenoxy) is 4. The van der Waals surface area contributed by atoms with Crippen molar-refractivity contribution in [3.05, 3.63) is 64.7 Å². The van der Waals surface area contributed by atoms with Gasteiger partial charge in [-0.1, -0.05) is 30.3 Å². The number of aromatic hydroxyl groups is 1. The molecule has 0 aliphatic carbocycles. The second-order valence-electron chi connectivity index (χ2n) is 9.92. The van der Waals surface area contributed by atoms with Gasteiger partial charge in [-0.25, -0.2) is 4.79 Å². The van der Waals surface area contributed by atoms with Crippen LogP contribution in [0.3, 0.4) is 0 Å². The summed E-state index contributed by atoms with van der Waals surface area (Å²) in [7, 11) is 1.41. The number of esters is 2. The van der Waals surface area contributed by atoms with Gasteiger partial charge in [0, 0.05) is 25.6 Å². The average Bonchev–Trinajstić information content (AvgIpc) is 2.92. The lowest BCUT2D eigenvalue weighted by molar-refractivity contribution is -0.355. The van der Waals surface area contributed by atoms with Gasteiger partial charge in [-0.3, -0.25) is 4.79 Å². The number of β-amino-alcohol motifs (C(OH)–C–C–N with tert-alkyl or cyclic N) is 1. The minimum absolute atomic E-state index is 0.0149. The summed E-state index contributed by atoms with van der Waals surface area (Å²) in [5.41, 5.74) is 2.65. The minimum Gasteiger partial charge on any atom is -0.504 e. The molecule has 40 heavy (non-hydrogen) atoms. The molecule has 2 aromatic rings. The van der Waals surface area contributed by atoms with Crippen LogP contribution in [0.2, 0.25) is 0 Å². The molecule has 0 spiro atoms. The molecule has 11 nitrogen and oxygen atoms in total. The first kappa shape index (κ1) is 29.5. The van der Waals surface area contributed by atoms with Crippen molar-refractivity contribution in [2.24, 2.45) is 0 Å². The third kappa shape index (κ3) is 6.80. The second kappa shape index (κ2) is 12.8. The molecule has 0 unspecified atom stereocenters. The number of aliphatic hydroxyl groups is 3. The lowest BCUT2D eigenvalue weighted by Crippen LogP contribution is -2.73. The maximum Gasteiger partial charge on any atom is 0.334 e. The SMILES string of the molecule is COc1cc(C=C(CCc2cccc(CCO)c2)C(=O)O[C@@H]2[C@@H](OC(C)=O)[C@@H](O)[C@H]3CNC[C@@]2(O)O3)ccc1O. The number of rotatable bonds is 10. The standard InChI is InChI=1S/C29H35NO10/c1-17(32)38-26-25(34)24-15-30-16-29(36,40-24)27(26)39-28(35)21(13-20-7-9-22(33)23(14-20)37-2)8-6-18-4-3-5-19(12-18)10-11-31/h3-5,7,9,12-14,24-27,30-31,33-34,36H,6,8,10-11,15-16H2,1-2H3/t24-,25+,26+,27-,29-/m1/s1. The number of phenolic OH excluding ortho intramolecular Hbond substituents is 1. The smallest absolute Gasteiger partial charge is 0.334 e. The zero-order valence-electron chi connectivity index (χ0n) is 22.4. The highest BCUT2D eigenvalue weighted by Gasteiger charge is 2.59. The number of aryl methyl sites for hydroxylation is 1. The van der Waals surface area contributed by atoms with Crippen LogP contribution in [0.4, 0.5) is 0 Å². The molecule has 2 aliphatic heterocycles. The van der Waals surface area contributed by atoms with Crippen molar-refractivity contribution in [3.63, 3.8) is 0 Å². The van der Waals surface area contributed by atoms with Crippen LogP contribution in [0.25, 0.3) is 6.08 Å². The largest absolute Gasteiger partial charge is 0.504 e. The predicted octanol–water partition coefficient (Wildman–Crippen LogP) is 0.847. The van der Waals surface area contributed by atoms with Crippen LogP contribution >= 0.6 is 0 Å². The molecule has 2 bridgehead atoms. The van der Waals surface area contributed by atoms with Crippen LogP contribution in [0.1, 0.15) is 30.0 Å². The van der Waals surface area contributed by atoms with E-state index in [1.807, 2.05) is 24.3 Å². The molecule has 0 radical (unpaired) electrons. The third-order valence-electron chi connectivity index (χ3n) is 6.96. The Hall–Kier alpha value is -3.48. The number of benzene rings is 2. The van der Waals surface area contributed by atoms with Gasteiger partial charge in [-0.2, -0.15) is 0 Å². The summed E-state index contributed by atoms with van der Waals surface area (Å²) in [5, 5.41) is 44.2. The molecule has 4 rings (SSSR count). The van der Waals surface area contributed by atoms with Gasteiger partial charge in [0.05, 0.1) is 13.7 Å². The average molecular weight is 558 g/mol. The Balaban J connectivity index is 1.64. The van der Waals surface area contributed by atoms with Gasteiger partial charge in [0.2, 0.25) is 5.79 Å². The molecule has 2 saturated heterocycles. The third-order valence-corrected chi connectivity index (χ3v) is 6.96. The van der Waals surface area contributed by atoms with Crippen molar-refractivity contribution >= 4 is 18.0 Å². The molecule has 11 heteroatoms. The van der Waals surface area contributed by atoms with E-state index in [0.29, 0.717) is 18.4 Å². The monoisotopic (exact) mass is 557 g/mol. The Kier molecular flexibility index (Phi) is 9.44. The van der Waals surface area contributed by atoms with Crippen molar-refractivity contribution < 1.29 is 49.0 Å². The van der Waals surface area contributed by atoms with E-state index in [1.165, 1.54) is 13.2 Å². The molecule has 0 saturated carbocycles. The number of morpholine rings is 1. The maximum atomic E-state index is 13.7. The fourth-order valence-corrected chi connectivity index (χ4v) is 4.98. The number of carbonyl (C=O) groups is 2. The van der Waals surface area contributed by atoms with Gasteiger partial charge in [0.1, 0.15) is 12.2 Å². The lowest BCUT2D eigenvalue weighted by Gasteiger charge is -2.51. The minimum atomic E-state index is -2.04. The first-order valence-corrected chi connectivity index (χ1v) is 13.1. The van der Waals surface area contributed by atoms with Crippen molar-refractivity contribution in [2.75, 3.05) is 26.8 Å². The molecule has 2 aromatic carbocycles. The molecule has 2 aliphatic rings. The van der Waals surface area contributed by atoms with E-state index in [4.69, 9.17) is 18.9 Å². The highest BCUT2D eigenvalue weighted by atomic mass is 16.7. The molecular weight excluding hydrogens is 522 g/mol. The van der Waals surface area contributed by atoms with E-state index in [-0.39, 0.29) is 43.2 Å². The van der Waals surface area contributed by atoms with Gasteiger partial charge in [0.25, 0.3) is 0 Å². The van der Waals surface area contributed by atoms with E-state index in [1.54, 1.807) is 18.2 Å². The lowest BCUT2D eigenvalue weighted by atomic mass is 9.89. The predicted molar refractivity (Wildman–Crippen MR) is 142 cm³/mol. The zero-order chi connectivity index (χ0) is 28.9. The summed E-state index contributed by atoms with van der Waals surface area (Å²) < 4.78 is 21.9. The van der Waals surface area contributed by atoms with E-state index >= 15 is 0 Å². The second-order valence-corrected chi connectivity index (χ2v) is 9.92. The summed E-state index contributed by atoms with van der Waals surface area (Å²) in [6.07, 6.45) is -2.35. The number of methoxy groups -OCH3 is 1. The van der Waals surface area contributed by atoms with E-state index < -0.39 is 42.1 Å². The van der Waals surface area contributed by atoms with Gasteiger partial charge in [-0.05, 0) is 54.2 Å². The van der Waals surface area contributed by atoms with E-state index in [9.17, 15) is 30.0 Å². The van der Waals surface area contributed by atoms with E-state index in [2.05, 4.69) is 5.32 Å². The quantitative estimate of drug-likeness (QED) is 0.208. The highest BCUT2D eigenvalue weighted by molar-refractivity contribution is 5.94. The molecule has 2 heterocycles. The summed E-state index contributed by atoms with van der Waals surface area (Å²) >= 11 is 0. The number of nitrogens with one attached hydrogen (secondary N) is 1. The van der Waals surface area contributed by atoms with Crippen molar-refractivity contribution in [2.45, 2.75) is 56.4 Å². The molecule has 5 N–H and O–H groups in total. The fraction of sp³-hybridized carbons (Fsp3) is 0.448. The molecule has 0 amide bonds. The number of aliphatic hydroxyl groups excluding tert-OH is 2. The summed E-state index contributed by atoms with van der Waals surface area (Å²) in [6.45, 7) is 1.28. The highest BCUT2D eigenvalue weighted by Crippen LogP contribution is 2.35.